The molecule has 0 unspecified atom stereocenters. The third-order valence-electron chi connectivity index (χ3n) is 2.99. The largest absolute Gasteiger partial charge is 0.486 e. The van der Waals surface area contributed by atoms with Crippen LogP contribution < -0.4 is 15.2 Å². The molecular formula is C15H14BrNO2S. The summed E-state index contributed by atoms with van der Waals surface area (Å²) in [4.78, 5) is 1.20. The van der Waals surface area contributed by atoms with Crippen LogP contribution in [0.4, 0.5) is 5.69 Å². The van der Waals surface area contributed by atoms with E-state index in [4.69, 9.17) is 15.2 Å². The third kappa shape index (κ3) is 3.04. The highest BCUT2D eigenvalue weighted by atomic mass is 79.9. The second kappa shape index (κ2) is 5.97. The Morgan fingerprint density at radius 2 is 1.85 bits per heavy atom. The van der Waals surface area contributed by atoms with E-state index in [1.165, 1.54) is 4.90 Å². The summed E-state index contributed by atoms with van der Waals surface area (Å²) in [6, 6.07) is 12.1. The summed E-state index contributed by atoms with van der Waals surface area (Å²) in [5.41, 5.74) is 7.90. The molecule has 0 aromatic heterocycles. The quantitative estimate of drug-likeness (QED) is 0.667. The number of thioether (sulfide) groups is 1. The molecule has 20 heavy (non-hydrogen) atoms. The van der Waals surface area contributed by atoms with Crippen molar-refractivity contribution in [1.82, 2.24) is 0 Å². The van der Waals surface area contributed by atoms with Gasteiger partial charge in [0.05, 0.1) is 0 Å². The Morgan fingerprint density at radius 1 is 1.10 bits per heavy atom. The molecule has 0 spiro atoms. The fourth-order valence-corrected chi connectivity index (χ4v) is 3.50. The molecule has 1 aliphatic heterocycles. The number of anilines is 1. The molecule has 3 rings (SSSR count). The molecule has 3 nitrogen and oxygen atoms in total. The van der Waals surface area contributed by atoms with Crippen molar-refractivity contribution >= 4 is 33.4 Å². The number of hydrogen-bond donors (Lipinski definition) is 1. The van der Waals surface area contributed by atoms with Crippen LogP contribution in [0.15, 0.2) is 45.8 Å². The Hall–Kier alpha value is -1.33. The van der Waals surface area contributed by atoms with Gasteiger partial charge in [-0.3, -0.25) is 0 Å². The Bertz CT molecular complexity index is 633. The predicted molar refractivity (Wildman–Crippen MR) is 85.5 cm³/mol. The summed E-state index contributed by atoms with van der Waals surface area (Å²) in [6.07, 6.45) is 0. The number of benzene rings is 2. The van der Waals surface area contributed by atoms with Gasteiger partial charge < -0.3 is 15.2 Å². The summed E-state index contributed by atoms with van der Waals surface area (Å²) in [6.45, 7) is 1.17. The van der Waals surface area contributed by atoms with Crippen LogP contribution in [0.1, 0.15) is 5.56 Å². The van der Waals surface area contributed by atoms with Crippen LogP contribution in [0.25, 0.3) is 0 Å². The standard InChI is InChI=1S/C15H14BrNO2S/c16-11-2-1-3-12(7-11)20-9-10-6-14-15(8-13(10)17)19-5-4-18-14/h1-3,6-8H,4-5,9,17H2. The van der Waals surface area contributed by atoms with Crippen molar-refractivity contribution in [3.63, 3.8) is 0 Å². The Balaban J connectivity index is 1.77. The summed E-state index contributed by atoms with van der Waals surface area (Å²) in [7, 11) is 0. The minimum atomic E-state index is 0.582. The highest BCUT2D eigenvalue weighted by molar-refractivity contribution is 9.10. The molecule has 1 aliphatic rings. The number of rotatable bonds is 3. The summed E-state index contributed by atoms with van der Waals surface area (Å²) < 4.78 is 12.2. The molecule has 0 atom stereocenters. The predicted octanol–water partition coefficient (Wildman–Crippen LogP) is 4.09. The van der Waals surface area contributed by atoms with E-state index < -0.39 is 0 Å². The first-order valence-electron chi connectivity index (χ1n) is 6.29. The Kier molecular flexibility index (Phi) is 4.08. The molecule has 5 heteroatoms. The third-order valence-corrected chi connectivity index (χ3v) is 4.53. The zero-order valence-electron chi connectivity index (χ0n) is 10.8. The highest BCUT2D eigenvalue weighted by Gasteiger charge is 2.14. The van der Waals surface area contributed by atoms with Gasteiger partial charge in [-0.1, -0.05) is 22.0 Å². The number of hydrogen-bond acceptors (Lipinski definition) is 4. The summed E-state index contributed by atoms with van der Waals surface area (Å²) in [5.74, 6) is 2.33. The smallest absolute Gasteiger partial charge is 0.163 e. The molecular weight excluding hydrogens is 338 g/mol. The molecule has 0 fully saturated rings. The van der Waals surface area contributed by atoms with E-state index >= 15 is 0 Å². The lowest BCUT2D eigenvalue weighted by molar-refractivity contribution is 0.171. The molecule has 0 bridgehead atoms. The van der Waals surface area contributed by atoms with Crippen LogP contribution in [-0.2, 0) is 5.75 Å². The molecule has 0 saturated carbocycles. The van der Waals surface area contributed by atoms with E-state index in [0.717, 1.165) is 33.0 Å². The lowest BCUT2D eigenvalue weighted by atomic mass is 10.2. The van der Waals surface area contributed by atoms with Crippen LogP contribution in [0.2, 0.25) is 0 Å². The van der Waals surface area contributed by atoms with Gasteiger partial charge in [0.25, 0.3) is 0 Å². The molecule has 1 heterocycles. The van der Waals surface area contributed by atoms with E-state index in [0.29, 0.717) is 13.2 Å². The maximum Gasteiger partial charge on any atom is 0.163 e. The van der Waals surface area contributed by atoms with E-state index in [1.807, 2.05) is 24.3 Å². The first-order chi connectivity index (χ1) is 9.72. The van der Waals surface area contributed by atoms with Gasteiger partial charge in [-0.15, -0.1) is 11.8 Å². The van der Waals surface area contributed by atoms with Crippen molar-refractivity contribution in [1.29, 1.82) is 0 Å². The van der Waals surface area contributed by atoms with Crippen LogP contribution in [0.5, 0.6) is 11.5 Å². The Labute approximate surface area is 130 Å². The maximum absolute atomic E-state index is 6.08. The van der Waals surface area contributed by atoms with Crippen molar-refractivity contribution in [2.45, 2.75) is 10.6 Å². The second-order valence-corrected chi connectivity index (χ2v) is 6.41. The van der Waals surface area contributed by atoms with Gasteiger partial charge in [-0.25, -0.2) is 0 Å². The van der Waals surface area contributed by atoms with Gasteiger partial charge in [-0.05, 0) is 29.8 Å². The average Bonchev–Trinajstić information content (AvgIpc) is 2.45. The van der Waals surface area contributed by atoms with Crippen molar-refractivity contribution in [3.05, 3.63) is 46.4 Å². The van der Waals surface area contributed by atoms with Crippen LogP contribution in [-0.4, -0.2) is 13.2 Å². The number of nitrogens with two attached hydrogens (primary N) is 1. The first-order valence-corrected chi connectivity index (χ1v) is 8.06. The molecule has 0 amide bonds. The summed E-state index contributed by atoms with van der Waals surface area (Å²) >= 11 is 5.22. The monoisotopic (exact) mass is 351 g/mol. The van der Waals surface area contributed by atoms with Crippen molar-refractivity contribution < 1.29 is 9.47 Å². The molecule has 0 aliphatic carbocycles. The van der Waals surface area contributed by atoms with Crippen LogP contribution in [0.3, 0.4) is 0 Å². The first kappa shape index (κ1) is 13.6. The number of ether oxygens (including phenoxy) is 2. The average molecular weight is 352 g/mol. The van der Waals surface area contributed by atoms with Gasteiger partial charge in [0.15, 0.2) is 11.5 Å². The van der Waals surface area contributed by atoms with Crippen LogP contribution >= 0.6 is 27.7 Å². The lowest BCUT2D eigenvalue weighted by Crippen LogP contribution is -2.15. The fraction of sp³-hybridized carbons (Fsp3) is 0.200. The Morgan fingerprint density at radius 3 is 2.60 bits per heavy atom. The van der Waals surface area contributed by atoms with E-state index in [-0.39, 0.29) is 0 Å². The molecule has 104 valence electrons. The van der Waals surface area contributed by atoms with Crippen LogP contribution in [0, 0.1) is 0 Å². The van der Waals surface area contributed by atoms with Crippen molar-refractivity contribution in [3.8, 4) is 11.5 Å². The van der Waals surface area contributed by atoms with E-state index in [1.54, 1.807) is 11.8 Å². The SMILES string of the molecule is Nc1cc2c(cc1CSc1cccc(Br)c1)OCCO2. The zero-order chi connectivity index (χ0) is 13.9. The molecule has 2 N–H and O–H groups in total. The number of nitrogen functional groups attached to an aromatic ring is 1. The maximum atomic E-state index is 6.08. The van der Waals surface area contributed by atoms with Gasteiger partial charge in [0.1, 0.15) is 13.2 Å². The van der Waals surface area contributed by atoms with E-state index in [9.17, 15) is 0 Å². The summed E-state index contributed by atoms with van der Waals surface area (Å²) in [5, 5.41) is 0. The highest BCUT2D eigenvalue weighted by Crippen LogP contribution is 2.37. The van der Waals surface area contributed by atoms with Gasteiger partial charge in [0.2, 0.25) is 0 Å². The molecule has 2 aromatic carbocycles. The van der Waals surface area contributed by atoms with Crippen molar-refractivity contribution in [2.24, 2.45) is 0 Å². The minimum absolute atomic E-state index is 0.582. The van der Waals surface area contributed by atoms with Crippen molar-refractivity contribution in [2.75, 3.05) is 18.9 Å². The normalized spacial score (nSPS) is 13.2. The van der Waals surface area contributed by atoms with E-state index in [2.05, 4.69) is 28.1 Å². The number of fused-ring (bicyclic) bond motifs is 1. The fourth-order valence-electron chi connectivity index (χ4n) is 1.99. The topological polar surface area (TPSA) is 44.5 Å². The minimum Gasteiger partial charge on any atom is -0.486 e. The van der Waals surface area contributed by atoms with Gasteiger partial charge in [-0.2, -0.15) is 0 Å². The van der Waals surface area contributed by atoms with Gasteiger partial charge in [0, 0.05) is 26.9 Å². The number of halogens is 1. The molecule has 0 saturated heterocycles. The molecule has 2 aromatic rings. The lowest BCUT2D eigenvalue weighted by Gasteiger charge is -2.20. The molecule has 0 radical (unpaired) electrons. The van der Waals surface area contributed by atoms with Gasteiger partial charge >= 0.3 is 0 Å². The zero-order valence-corrected chi connectivity index (χ0v) is 13.2. The second-order valence-electron chi connectivity index (χ2n) is 4.44.